The minimum Gasteiger partial charge on any atom is -0.273 e. The average Bonchev–Trinajstić information content (AvgIpc) is 3.30. The number of imide groups is 1. The van der Waals surface area contributed by atoms with Crippen LogP contribution in [0.1, 0.15) is 17.2 Å². The van der Waals surface area contributed by atoms with Crippen LogP contribution in [0.5, 0.6) is 0 Å². The lowest BCUT2D eigenvalue weighted by molar-refractivity contribution is -0.137. The monoisotopic (exact) mass is 506 g/mol. The second-order valence-corrected chi connectivity index (χ2v) is 8.73. The van der Waals surface area contributed by atoms with E-state index in [2.05, 4.69) is 0 Å². The number of hydroxylamine groups is 1. The van der Waals surface area contributed by atoms with E-state index in [-0.39, 0.29) is 10.7 Å². The Morgan fingerprint density at radius 2 is 1.53 bits per heavy atom. The molecular formula is C24H15Cl2F3N2O3. The first-order chi connectivity index (χ1) is 16.2. The summed E-state index contributed by atoms with van der Waals surface area (Å²) in [6.45, 7) is 0. The number of alkyl halides is 3. The van der Waals surface area contributed by atoms with E-state index in [4.69, 9.17) is 28.0 Å². The maximum atomic E-state index is 13.5. The van der Waals surface area contributed by atoms with Crippen molar-refractivity contribution in [2.75, 3.05) is 9.96 Å². The number of halogens is 5. The quantitative estimate of drug-likeness (QED) is 0.405. The molecule has 0 radical (unpaired) electrons. The van der Waals surface area contributed by atoms with Crippen molar-refractivity contribution in [3.8, 4) is 0 Å². The first-order valence-corrected chi connectivity index (χ1v) is 10.9. The second-order valence-electron chi connectivity index (χ2n) is 7.88. The van der Waals surface area contributed by atoms with Crippen molar-refractivity contribution in [1.82, 2.24) is 0 Å². The van der Waals surface area contributed by atoms with Crippen LogP contribution in [0, 0.1) is 5.92 Å². The van der Waals surface area contributed by atoms with Crippen LogP contribution >= 0.6 is 23.2 Å². The van der Waals surface area contributed by atoms with E-state index in [0.717, 1.165) is 23.1 Å². The Morgan fingerprint density at radius 1 is 0.824 bits per heavy atom. The number of rotatable bonds is 3. The summed E-state index contributed by atoms with van der Waals surface area (Å²) in [5, 5.41) is 2.10. The highest BCUT2D eigenvalue weighted by Crippen LogP contribution is 2.49. The van der Waals surface area contributed by atoms with Gasteiger partial charge in [0.25, 0.3) is 5.91 Å². The third-order valence-corrected chi connectivity index (χ3v) is 6.40. The van der Waals surface area contributed by atoms with Crippen LogP contribution in [-0.4, -0.2) is 17.9 Å². The predicted molar refractivity (Wildman–Crippen MR) is 120 cm³/mol. The van der Waals surface area contributed by atoms with Crippen molar-refractivity contribution in [2.45, 2.75) is 18.3 Å². The Balaban J connectivity index is 1.59. The van der Waals surface area contributed by atoms with Gasteiger partial charge in [0.15, 0.2) is 6.10 Å². The van der Waals surface area contributed by atoms with E-state index >= 15 is 0 Å². The Bertz CT molecular complexity index is 1290. The van der Waals surface area contributed by atoms with Crippen LogP contribution < -0.4 is 9.96 Å². The van der Waals surface area contributed by atoms with Crippen molar-refractivity contribution < 1.29 is 27.6 Å². The number of benzene rings is 3. The first kappa shape index (κ1) is 22.7. The molecular weight excluding hydrogens is 492 g/mol. The molecule has 3 aromatic carbocycles. The fourth-order valence-electron chi connectivity index (χ4n) is 4.35. The average molecular weight is 507 g/mol. The van der Waals surface area contributed by atoms with Crippen molar-refractivity contribution >= 4 is 46.4 Å². The molecule has 0 saturated carbocycles. The van der Waals surface area contributed by atoms with Gasteiger partial charge >= 0.3 is 6.18 Å². The van der Waals surface area contributed by atoms with Gasteiger partial charge in [-0.05, 0) is 48.0 Å². The molecule has 3 aromatic rings. The topological polar surface area (TPSA) is 49.9 Å². The van der Waals surface area contributed by atoms with Crippen molar-refractivity contribution in [1.29, 1.82) is 0 Å². The number of anilines is 2. The van der Waals surface area contributed by atoms with Crippen LogP contribution in [0.3, 0.4) is 0 Å². The van der Waals surface area contributed by atoms with Gasteiger partial charge in [-0.25, -0.2) is 9.96 Å². The summed E-state index contributed by atoms with van der Waals surface area (Å²) in [4.78, 5) is 33.5. The number of amides is 2. The number of fused-ring (bicyclic) bond motifs is 1. The summed E-state index contributed by atoms with van der Waals surface area (Å²) in [7, 11) is 0. The van der Waals surface area contributed by atoms with E-state index in [1.807, 2.05) is 0 Å². The molecule has 0 N–H and O–H groups in total. The Kier molecular flexibility index (Phi) is 5.55. The Hall–Kier alpha value is -3.07. The van der Waals surface area contributed by atoms with Gasteiger partial charge in [0.2, 0.25) is 5.91 Å². The molecule has 174 valence electrons. The molecule has 2 fully saturated rings. The van der Waals surface area contributed by atoms with Gasteiger partial charge < -0.3 is 0 Å². The van der Waals surface area contributed by atoms with Gasteiger partial charge in [-0.1, -0.05) is 53.5 Å². The standard InChI is InChI=1S/C24H15Cl2F3N2O3/c25-14-9-10-17(18(26)12-14)20-19-21(34-31(20)15-6-2-1-3-7-15)23(33)30(22(19)32)16-8-4-5-13(11-16)24(27,28)29/h1-12,19-21H/t19-,20+,21-/m1/s1. The van der Waals surface area contributed by atoms with Crippen molar-refractivity contribution in [3.05, 3.63) is 94.0 Å². The fraction of sp³-hybridized carbons (Fsp3) is 0.167. The van der Waals surface area contributed by atoms with E-state index < -0.39 is 41.6 Å². The van der Waals surface area contributed by atoms with E-state index in [0.29, 0.717) is 16.3 Å². The molecule has 0 bridgehead atoms. The highest BCUT2D eigenvalue weighted by molar-refractivity contribution is 6.35. The summed E-state index contributed by atoms with van der Waals surface area (Å²) in [5.74, 6) is -2.47. The molecule has 34 heavy (non-hydrogen) atoms. The molecule has 2 aliphatic heterocycles. The molecule has 5 nitrogen and oxygen atoms in total. The number of hydrogen-bond donors (Lipinski definition) is 0. The molecule has 10 heteroatoms. The zero-order valence-electron chi connectivity index (χ0n) is 17.2. The molecule has 0 aromatic heterocycles. The zero-order valence-corrected chi connectivity index (χ0v) is 18.7. The smallest absolute Gasteiger partial charge is 0.273 e. The van der Waals surface area contributed by atoms with Crippen molar-refractivity contribution in [2.24, 2.45) is 5.92 Å². The van der Waals surface area contributed by atoms with Crippen LogP contribution in [0.25, 0.3) is 0 Å². The summed E-state index contributed by atoms with van der Waals surface area (Å²) < 4.78 is 39.7. The summed E-state index contributed by atoms with van der Waals surface area (Å²) in [6.07, 6.45) is -5.86. The highest BCUT2D eigenvalue weighted by atomic mass is 35.5. The van der Waals surface area contributed by atoms with Crippen LogP contribution in [-0.2, 0) is 20.6 Å². The fourth-order valence-corrected chi connectivity index (χ4v) is 4.87. The largest absolute Gasteiger partial charge is 0.416 e. The molecule has 5 rings (SSSR count). The molecule has 2 saturated heterocycles. The van der Waals surface area contributed by atoms with Gasteiger partial charge in [0.05, 0.1) is 23.0 Å². The molecule has 2 amide bonds. The van der Waals surface area contributed by atoms with Crippen molar-refractivity contribution in [3.63, 3.8) is 0 Å². The summed E-state index contributed by atoms with van der Waals surface area (Å²) in [6, 6.07) is 16.9. The van der Waals surface area contributed by atoms with Gasteiger partial charge in [-0.2, -0.15) is 13.2 Å². The lowest BCUT2D eigenvalue weighted by Gasteiger charge is -2.29. The zero-order chi connectivity index (χ0) is 24.2. The third-order valence-electron chi connectivity index (χ3n) is 5.84. The molecule has 0 unspecified atom stereocenters. The third kappa shape index (κ3) is 3.72. The molecule has 0 spiro atoms. The molecule has 3 atom stereocenters. The summed E-state index contributed by atoms with van der Waals surface area (Å²) in [5.41, 5.74) is -0.0598. The predicted octanol–water partition coefficient (Wildman–Crippen LogP) is 6.06. The number of carbonyl (C=O) groups excluding carboxylic acids is 2. The van der Waals surface area contributed by atoms with Crippen LogP contribution in [0.2, 0.25) is 10.0 Å². The van der Waals surface area contributed by atoms with Crippen LogP contribution in [0.15, 0.2) is 72.8 Å². The number of hydrogen-bond acceptors (Lipinski definition) is 4. The maximum absolute atomic E-state index is 13.5. The normalized spacial score (nSPS) is 22.4. The van der Waals surface area contributed by atoms with Gasteiger partial charge in [0.1, 0.15) is 5.92 Å². The maximum Gasteiger partial charge on any atom is 0.416 e. The second kappa shape index (κ2) is 8.30. The lowest BCUT2D eigenvalue weighted by atomic mass is 9.90. The minimum atomic E-state index is -4.63. The van der Waals surface area contributed by atoms with E-state index in [1.54, 1.807) is 42.5 Å². The first-order valence-electron chi connectivity index (χ1n) is 10.2. The Labute approximate surface area is 202 Å². The number of carbonyl (C=O) groups is 2. The number of para-hydroxylation sites is 1. The molecule has 2 heterocycles. The number of nitrogens with zero attached hydrogens (tertiary/aromatic N) is 2. The van der Waals surface area contributed by atoms with Crippen LogP contribution in [0.4, 0.5) is 24.5 Å². The summed E-state index contributed by atoms with van der Waals surface area (Å²) >= 11 is 12.5. The van der Waals surface area contributed by atoms with Gasteiger partial charge in [-0.3, -0.25) is 14.4 Å². The highest BCUT2D eigenvalue weighted by Gasteiger charge is 2.60. The molecule has 2 aliphatic rings. The van der Waals surface area contributed by atoms with E-state index in [9.17, 15) is 22.8 Å². The lowest BCUT2D eigenvalue weighted by Crippen LogP contribution is -2.37. The van der Waals surface area contributed by atoms with E-state index in [1.165, 1.54) is 17.2 Å². The van der Waals surface area contributed by atoms with Gasteiger partial charge in [-0.15, -0.1) is 0 Å². The Morgan fingerprint density at radius 3 is 2.21 bits per heavy atom. The van der Waals surface area contributed by atoms with Gasteiger partial charge in [0, 0.05) is 10.0 Å². The SMILES string of the molecule is O=C1[C@H]2[C@@H](ON(c3ccccc3)[C@H]2c2ccc(Cl)cc2Cl)C(=O)N1c1cccc(C(F)(F)F)c1. The minimum absolute atomic E-state index is 0.171. The molecule has 0 aliphatic carbocycles.